The Kier molecular flexibility index (Phi) is 10.6. The third-order valence-electron chi connectivity index (χ3n) is 8.04. The molecule has 0 spiro atoms. The summed E-state index contributed by atoms with van der Waals surface area (Å²) < 4.78 is 22.3. The van der Waals surface area contributed by atoms with Gasteiger partial charge in [-0.3, -0.25) is 0 Å². The highest BCUT2D eigenvalue weighted by molar-refractivity contribution is 5.85. The van der Waals surface area contributed by atoms with Crippen molar-refractivity contribution in [1.29, 1.82) is 0 Å². The van der Waals surface area contributed by atoms with Crippen LogP contribution in [0.3, 0.4) is 0 Å². The number of carbonyl (C=O) groups is 2. The molecule has 0 aliphatic heterocycles. The molecule has 0 fully saturated rings. The fourth-order valence-corrected chi connectivity index (χ4v) is 5.16. The number of esters is 2. The molecule has 5 aromatic carbocycles. The van der Waals surface area contributed by atoms with Crippen molar-refractivity contribution in [2.45, 2.75) is 40.9 Å². The number of rotatable bonds is 12. The van der Waals surface area contributed by atoms with E-state index in [0.717, 1.165) is 40.3 Å². The monoisotopic (exact) mass is 653 g/mol. The molecule has 0 radical (unpaired) electrons. The minimum atomic E-state index is -0.736. The van der Waals surface area contributed by atoms with Gasteiger partial charge in [-0.05, 0) is 110 Å². The molecule has 7 heteroatoms. The number of aryl methyl sites for hydroxylation is 4. The van der Waals surface area contributed by atoms with E-state index < -0.39 is 18.2 Å². The third kappa shape index (κ3) is 8.64. The minimum Gasteiger partial charge on any atom is -0.455 e. The molecule has 0 aliphatic rings. The molecular weight excluding hydrogens is 614 g/mol. The molecular formula is C42H39NO6. The number of anilines is 3. The maximum absolute atomic E-state index is 11.8. The molecule has 5 rings (SSSR count). The smallest absolute Gasteiger partial charge is 0.335 e. The number of benzene rings is 5. The maximum atomic E-state index is 11.8. The van der Waals surface area contributed by atoms with E-state index in [2.05, 4.69) is 106 Å². The number of carbonyl (C=O) groups excluding carboxylic acids is 2. The van der Waals surface area contributed by atoms with E-state index in [1.165, 1.54) is 40.5 Å². The Hall–Kier alpha value is -6.08. The van der Waals surface area contributed by atoms with Gasteiger partial charge in [-0.25, -0.2) is 9.59 Å². The highest BCUT2D eigenvalue weighted by Gasteiger charge is 2.16. The van der Waals surface area contributed by atoms with E-state index in [4.69, 9.17) is 18.9 Å². The molecule has 0 N–H and O–H groups in total. The highest BCUT2D eigenvalue weighted by atomic mass is 16.7. The Morgan fingerprint density at radius 2 is 0.939 bits per heavy atom. The molecule has 0 aromatic heterocycles. The molecule has 49 heavy (non-hydrogen) atoms. The van der Waals surface area contributed by atoms with E-state index in [1.54, 1.807) is 6.92 Å². The fourth-order valence-electron chi connectivity index (χ4n) is 5.16. The molecule has 0 saturated carbocycles. The fraction of sp³-hybridized carbons (Fsp3) is 0.143. The summed E-state index contributed by atoms with van der Waals surface area (Å²) in [5.74, 6) is -0.252. The summed E-state index contributed by atoms with van der Waals surface area (Å²) in [5.41, 5.74) is 10.4. The zero-order valence-electron chi connectivity index (χ0n) is 28.4. The Morgan fingerprint density at radius 1 is 0.531 bits per heavy atom. The molecule has 1 atom stereocenters. The van der Waals surface area contributed by atoms with Crippen molar-refractivity contribution in [1.82, 2.24) is 0 Å². The van der Waals surface area contributed by atoms with E-state index in [-0.39, 0.29) is 17.2 Å². The molecule has 7 nitrogen and oxygen atoms in total. The molecule has 0 saturated heterocycles. The maximum Gasteiger partial charge on any atom is 0.335 e. The average molecular weight is 654 g/mol. The second kappa shape index (κ2) is 15.2. The van der Waals surface area contributed by atoms with Crippen molar-refractivity contribution in [2.75, 3.05) is 4.90 Å². The van der Waals surface area contributed by atoms with Crippen molar-refractivity contribution in [3.8, 4) is 34.1 Å². The van der Waals surface area contributed by atoms with E-state index in [1.807, 2.05) is 24.3 Å². The van der Waals surface area contributed by atoms with E-state index in [0.29, 0.717) is 5.75 Å². The summed E-state index contributed by atoms with van der Waals surface area (Å²) in [6.45, 7) is 17.1. The Morgan fingerprint density at radius 3 is 1.39 bits per heavy atom. The number of hydrogen-bond acceptors (Lipinski definition) is 7. The second-order valence-electron chi connectivity index (χ2n) is 11.6. The van der Waals surface area contributed by atoms with Crippen molar-refractivity contribution >= 4 is 29.0 Å². The summed E-state index contributed by atoms with van der Waals surface area (Å²) in [4.78, 5) is 25.8. The van der Waals surface area contributed by atoms with Crippen LogP contribution in [0.15, 0.2) is 128 Å². The predicted molar refractivity (Wildman–Crippen MR) is 194 cm³/mol. The Bertz CT molecular complexity index is 1900. The zero-order valence-corrected chi connectivity index (χ0v) is 28.4. The van der Waals surface area contributed by atoms with Crippen LogP contribution in [0.1, 0.15) is 29.2 Å². The first-order valence-corrected chi connectivity index (χ1v) is 15.8. The van der Waals surface area contributed by atoms with Gasteiger partial charge in [0.15, 0.2) is 0 Å². The van der Waals surface area contributed by atoms with Gasteiger partial charge in [0.1, 0.15) is 23.0 Å². The number of nitrogens with zero attached hydrogens (tertiary/aromatic N) is 1. The van der Waals surface area contributed by atoms with Crippen LogP contribution in [-0.2, 0) is 9.59 Å². The van der Waals surface area contributed by atoms with Crippen molar-refractivity contribution in [3.05, 3.63) is 151 Å². The number of ether oxygens (including phenoxy) is 4. The van der Waals surface area contributed by atoms with Gasteiger partial charge in [0, 0.05) is 54.3 Å². The van der Waals surface area contributed by atoms with Crippen LogP contribution >= 0.6 is 0 Å². The van der Waals surface area contributed by atoms with Gasteiger partial charge >= 0.3 is 11.9 Å². The second-order valence-corrected chi connectivity index (χ2v) is 11.6. The van der Waals surface area contributed by atoms with Gasteiger partial charge in [-0.1, -0.05) is 49.6 Å². The Balaban J connectivity index is 1.31. The average Bonchev–Trinajstić information content (AvgIpc) is 3.08. The third-order valence-corrected chi connectivity index (χ3v) is 8.04. The van der Waals surface area contributed by atoms with Gasteiger partial charge in [0.25, 0.3) is 0 Å². The molecule has 0 amide bonds. The Labute approximate surface area is 287 Å². The van der Waals surface area contributed by atoms with Gasteiger partial charge < -0.3 is 23.8 Å². The highest BCUT2D eigenvalue weighted by Crippen LogP contribution is 2.37. The summed E-state index contributed by atoms with van der Waals surface area (Å²) >= 11 is 0. The normalized spacial score (nSPS) is 11.2. The number of hydrogen-bond donors (Lipinski definition) is 0. The predicted octanol–water partition coefficient (Wildman–Crippen LogP) is 10.0. The first-order chi connectivity index (χ1) is 23.5. The lowest BCUT2D eigenvalue weighted by Gasteiger charge is -2.27. The molecule has 0 aliphatic carbocycles. The topological polar surface area (TPSA) is 74.3 Å². The summed E-state index contributed by atoms with van der Waals surface area (Å²) in [5, 5.41) is 0. The first kappa shape index (κ1) is 34.3. The molecule has 5 aromatic rings. The largest absolute Gasteiger partial charge is 0.455 e. The van der Waals surface area contributed by atoms with E-state index in [9.17, 15) is 9.59 Å². The standard InChI is InChI=1S/C42H39NO6/c1-8-41(44)48-39-24-38(25-40(26-39)49-42(45)9-2)47-31(7)46-37-20-14-33(15-21-37)32-12-18-34(19-13-32)43(35-16-10-27(3)29(5)22-35)36-17-11-28(4)30(6)23-36/h8-26,31H,1-2H2,3-7H3. The van der Waals surface area contributed by atoms with Crippen LogP contribution in [0.25, 0.3) is 11.1 Å². The van der Waals surface area contributed by atoms with Crippen LogP contribution in [0, 0.1) is 27.7 Å². The molecule has 1 unspecified atom stereocenters. The quantitative estimate of drug-likeness (QED) is 0.0574. The summed E-state index contributed by atoms with van der Waals surface area (Å²) in [6, 6.07) is 33.7. The van der Waals surface area contributed by atoms with Gasteiger partial charge in [-0.15, -0.1) is 0 Å². The van der Waals surface area contributed by atoms with Crippen LogP contribution in [0.5, 0.6) is 23.0 Å². The van der Waals surface area contributed by atoms with Gasteiger partial charge in [-0.2, -0.15) is 0 Å². The van der Waals surface area contributed by atoms with Crippen LogP contribution in [0.4, 0.5) is 17.1 Å². The molecule has 0 bridgehead atoms. The van der Waals surface area contributed by atoms with Crippen LogP contribution in [0.2, 0.25) is 0 Å². The van der Waals surface area contributed by atoms with Crippen molar-refractivity contribution < 1.29 is 28.5 Å². The lowest BCUT2D eigenvalue weighted by molar-refractivity contribution is -0.129. The molecule has 248 valence electrons. The lowest BCUT2D eigenvalue weighted by Crippen LogP contribution is -2.19. The van der Waals surface area contributed by atoms with Crippen molar-refractivity contribution in [3.63, 3.8) is 0 Å². The SMILES string of the molecule is C=CC(=O)Oc1cc(OC(=O)C=C)cc(OC(C)Oc2ccc(-c3ccc(N(c4ccc(C)c(C)c4)c4ccc(C)c(C)c4)cc3)cc2)c1. The van der Waals surface area contributed by atoms with Gasteiger partial charge in [0.2, 0.25) is 6.29 Å². The van der Waals surface area contributed by atoms with E-state index >= 15 is 0 Å². The minimum absolute atomic E-state index is 0.114. The molecule has 0 heterocycles. The van der Waals surface area contributed by atoms with Crippen LogP contribution < -0.4 is 23.8 Å². The first-order valence-electron chi connectivity index (χ1n) is 15.8. The van der Waals surface area contributed by atoms with Gasteiger partial charge in [0.05, 0.1) is 0 Å². The zero-order chi connectivity index (χ0) is 35.1. The van der Waals surface area contributed by atoms with Crippen molar-refractivity contribution in [2.24, 2.45) is 0 Å². The van der Waals surface area contributed by atoms with Crippen LogP contribution in [-0.4, -0.2) is 18.2 Å². The summed E-state index contributed by atoms with van der Waals surface area (Å²) in [6.07, 6.45) is 1.32. The lowest BCUT2D eigenvalue weighted by atomic mass is 10.0. The summed E-state index contributed by atoms with van der Waals surface area (Å²) in [7, 11) is 0.